The Hall–Kier alpha value is -0.990. The molecule has 0 bridgehead atoms. The Balaban J connectivity index is 3.31. The number of rotatable bonds is 4. The molecule has 0 aromatic carbocycles. The van der Waals surface area contributed by atoms with Gasteiger partial charge in [0.25, 0.3) is 5.91 Å². The molecule has 0 rings (SSSR count). The van der Waals surface area contributed by atoms with Crippen LogP contribution < -0.4 is 0 Å². The van der Waals surface area contributed by atoms with Gasteiger partial charge in [0.2, 0.25) is 6.08 Å². The van der Waals surface area contributed by atoms with Gasteiger partial charge in [-0.25, -0.2) is 4.79 Å². The molecule has 0 N–H and O–H groups in total. The summed E-state index contributed by atoms with van der Waals surface area (Å²) in [7, 11) is 1.55. The highest BCUT2D eigenvalue weighted by Crippen LogP contribution is 1.90. The average Bonchev–Trinajstić information content (AvgIpc) is 1.89. The molecule has 0 aromatic rings. The third-order valence-electron chi connectivity index (χ3n) is 0.909. The summed E-state index contributed by atoms with van der Waals surface area (Å²) in [6.07, 6.45) is 2.03. The monoisotopic (exact) mass is 143 g/mol. The smallest absolute Gasteiger partial charge is 0.256 e. The normalized spacial score (nSPS) is 8.50. The van der Waals surface area contributed by atoms with E-state index < -0.39 is 5.91 Å². The number of hydrogen-bond acceptors (Lipinski definition) is 3. The highest BCUT2D eigenvalue weighted by Gasteiger charge is 1.96. The summed E-state index contributed by atoms with van der Waals surface area (Å²) < 4.78 is 4.68. The highest BCUT2D eigenvalue weighted by molar-refractivity contribution is 5.81. The molecule has 4 heteroatoms. The molecule has 0 aliphatic heterocycles. The number of methoxy groups -OCH3 is 1. The molecular formula is C6H9NO3. The van der Waals surface area contributed by atoms with Crippen molar-refractivity contribution in [2.45, 2.75) is 12.8 Å². The van der Waals surface area contributed by atoms with Crippen LogP contribution in [0.25, 0.3) is 0 Å². The van der Waals surface area contributed by atoms with Gasteiger partial charge in [-0.15, -0.1) is 4.99 Å². The lowest BCUT2D eigenvalue weighted by Gasteiger charge is -1.92. The molecule has 0 fully saturated rings. The van der Waals surface area contributed by atoms with Gasteiger partial charge in [0, 0.05) is 20.1 Å². The summed E-state index contributed by atoms with van der Waals surface area (Å²) in [5.41, 5.74) is 0. The molecule has 0 spiro atoms. The van der Waals surface area contributed by atoms with Crippen LogP contribution in [-0.2, 0) is 14.3 Å². The Morgan fingerprint density at radius 2 is 2.40 bits per heavy atom. The first-order valence-corrected chi connectivity index (χ1v) is 2.91. The van der Waals surface area contributed by atoms with E-state index in [0.29, 0.717) is 13.0 Å². The SMILES string of the molecule is COCCCC(=O)N=C=O. The van der Waals surface area contributed by atoms with Crippen LogP contribution in [0.3, 0.4) is 0 Å². The zero-order valence-corrected chi connectivity index (χ0v) is 5.79. The van der Waals surface area contributed by atoms with Crippen molar-refractivity contribution in [1.82, 2.24) is 0 Å². The second-order valence-corrected chi connectivity index (χ2v) is 1.69. The Kier molecular flexibility index (Phi) is 5.53. The summed E-state index contributed by atoms with van der Waals surface area (Å²) in [5.74, 6) is -0.438. The third-order valence-corrected chi connectivity index (χ3v) is 0.909. The molecule has 0 aliphatic carbocycles. The molecule has 0 radical (unpaired) electrons. The molecule has 0 unspecified atom stereocenters. The first-order chi connectivity index (χ1) is 4.81. The molecule has 0 heterocycles. The van der Waals surface area contributed by atoms with Crippen molar-refractivity contribution < 1.29 is 14.3 Å². The number of isocyanates is 1. The number of aliphatic imine (C=N–C) groups is 1. The molecule has 56 valence electrons. The van der Waals surface area contributed by atoms with Crippen LogP contribution in [0.2, 0.25) is 0 Å². The lowest BCUT2D eigenvalue weighted by molar-refractivity contribution is -0.118. The van der Waals surface area contributed by atoms with E-state index in [9.17, 15) is 9.59 Å². The minimum atomic E-state index is -0.438. The molecule has 1 amide bonds. The quantitative estimate of drug-likeness (QED) is 0.322. The summed E-state index contributed by atoms with van der Waals surface area (Å²) in [4.78, 5) is 22.8. The van der Waals surface area contributed by atoms with Crippen molar-refractivity contribution in [3.05, 3.63) is 0 Å². The highest BCUT2D eigenvalue weighted by atomic mass is 16.5. The van der Waals surface area contributed by atoms with Crippen molar-refractivity contribution in [3.63, 3.8) is 0 Å². The van der Waals surface area contributed by atoms with Crippen molar-refractivity contribution in [2.75, 3.05) is 13.7 Å². The third kappa shape index (κ3) is 5.15. The fourth-order valence-electron chi connectivity index (χ4n) is 0.475. The minimum Gasteiger partial charge on any atom is -0.385 e. The van der Waals surface area contributed by atoms with Gasteiger partial charge in [-0.3, -0.25) is 4.79 Å². The minimum absolute atomic E-state index is 0.253. The number of nitrogens with zero attached hydrogens (tertiary/aromatic N) is 1. The van der Waals surface area contributed by atoms with E-state index in [2.05, 4.69) is 9.73 Å². The van der Waals surface area contributed by atoms with Gasteiger partial charge >= 0.3 is 0 Å². The van der Waals surface area contributed by atoms with Gasteiger partial charge in [-0.2, -0.15) is 0 Å². The van der Waals surface area contributed by atoms with Crippen molar-refractivity contribution in [1.29, 1.82) is 0 Å². The van der Waals surface area contributed by atoms with E-state index in [1.54, 1.807) is 7.11 Å². The Morgan fingerprint density at radius 1 is 1.70 bits per heavy atom. The Morgan fingerprint density at radius 3 is 2.90 bits per heavy atom. The second kappa shape index (κ2) is 6.13. The van der Waals surface area contributed by atoms with E-state index in [1.165, 1.54) is 6.08 Å². The van der Waals surface area contributed by atoms with E-state index in [4.69, 9.17) is 0 Å². The lowest BCUT2D eigenvalue weighted by atomic mass is 10.3. The largest absolute Gasteiger partial charge is 0.385 e. The maximum atomic E-state index is 10.4. The van der Waals surface area contributed by atoms with E-state index in [1.807, 2.05) is 0 Å². The van der Waals surface area contributed by atoms with Crippen LogP contribution in [0.5, 0.6) is 0 Å². The molecule has 0 aliphatic rings. The lowest BCUT2D eigenvalue weighted by Crippen LogP contribution is -1.96. The first kappa shape index (κ1) is 9.01. The van der Waals surface area contributed by atoms with Gasteiger partial charge in [0.1, 0.15) is 0 Å². The van der Waals surface area contributed by atoms with Gasteiger partial charge < -0.3 is 4.74 Å². The molecule has 0 saturated heterocycles. The summed E-state index contributed by atoms with van der Waals surface area (Å²) in [6, 6.07) is 0. The number of carbonyl (C=O) groups is 1. The molecule has 0 saturated carbocycles. The predicted octanol–water partition coefficient (Wildman–Crippen LogP) is 0.275. The Bertz CT molecular complexity index is 149. The van der Waals surface area contributed by atoms with Crippen LogP contribution in [-0.4, -0.2) is 25.7 Å². The van der Waals surface area contributed by atoms with E-state index in [0.717, 1.165) is 0 Å². The van der Waals surface area contributed by atoms with Crippen LogP contribution in [0.1, 0.15) is 12.8 Å². The summed E-state index contributed by atoms with van der Waals surface area (Å²) >= 11 is 0. The fraction of sp³-hybridized carbons (Fsp3) is 0.667. The van der Waals surface area contributed by atoms with Gasteiger partial charge in [-0.05, 0) is 6.42 Å². The summed E-state index contributed by atoms with van der Waals surface area (Å²) in [6.45, 7) is 0.514. The first-order valence-electron chi connectivity index (χ1n) is 2.91. The number of carbonyl (C=O) groups excluding carboxylic acids is 2. The molecule has 10 heavy (non-hydrogen) atoms. The number of amides is 1. The predicted molar refractivity (Wildman–Crippen MR) is 34.2 cm³/mol. The van der Waals surface area contributed by atoms with Crippen LogP contribution in [0.15, 0.2) is 4.99 Å². The Labute approximate surface area is 58.9 Å². The average molecular weight is 143 g/mol. The second-order valence-electron chi connectivity index (χ2n) is 1.69. The van der Waals surface area contributed by atoms with Gasteiger partial charge in [0.05, 0.1) is 0 Å². The van der Waals surface area contributed by atoms with Crippen molar-refractivity contribution in [3.8, 4) is 0 Å². The number of hydrogen-bond donors (Lipinski definition) is 0. The maximum absolute atomic E-state index is 10.4. The van der Waals surface area contributed by atoms with E-state index in [-0.39, 0.29) is 6.42 Å². The van der Waals surface area contributed by atoms with Gasteiger partial charge in [-0.1, -0.05) is 0 Å². The topological polar surface area (TPSA) is 55.7 Å². The molecule has 0 atom stereocenters. The fourth-order valence-corrected chi connectivity index (χ4v) is 0.475. The zero-order chi connectivity index (χ0) is 7.82. The van der Waals surface area contributed by atoms with Crippen molar-refractivity contribution >= 4 is 12.0 Å². The van der Waals surface area contributed by atoms with Gasteiger partial charge in [0.15, 0.2) is 0 Å². The molecule has 0 aromatic heterocycles. The van der Waals surface area contributed by atoms with E-state index >= 15 is 0 Å². The van der Waals surface area contributed by atoms with Crippen LogP contribution in [0, 0.1) is 0 Å². The molecular weight excluding hydrogens is 134 g/mol. The van der Waals surface area contributed by atoms with Crippen LogP contribution in [0.4, 0.5) is 0 Å². The molecule has 4 nitrogen and oxygen atoms in total. The van der Waals surface area contributed by atoms with Crippen LogP contribution >= 0.6 is 0 Å². The zero-order valence-electron chi connectivity index (χ0n) is 5.79. The summed E-state index contributed by atoms with van der Waals surface area (Å²) in [5, 5.41) is 0. The standard InChI is InChI=1S/C6H9NO3/c1-10-4-2-3-6(9)7-5-8/h2-4H2,1H3. The maximum Gasteiger partial charge on any atom is 0.256 e. The van der Waals surface area contributed by atoms with Crippen molar-refractivity contribution in [2.24, 2.45) is 4.99 Å². The number of ether oxygens (including phenoxy) is 1.